The summed E-state index contributed by atoms with van der Waals surface area (Å²) in [5.74, 6) is -1.07. The number of nitrogens with one attached hydrogen (secondary N) is 1. The van der Waals surface area contributed by atoms with Crippen LogP contribution in [0.3, 0.4) is 0 Å². The maximum Gasteiger partial charge on any atom is 0.387 e. The Kier molecular flexibility index (Phi) is 6.86. The van der Waals surface area contributed by atoms with Crippen molar-refractivity contribution in [2.75, 3.05) is 7.11 Å². The van der Waals surface area contributed by atoms with Gasteiger partial charge in [0.1, 0.15) is 5.75 Å². The molecule has 1 unspecified atom stereocenters. The van der Waals surface area contributed by atoms with E-state index in [1.807, 2.05) is 0 Å². The summed E-state index contributed by atoms with van der Waals surface area (Å²) in [6.45, 7) is -4.42. The van der Waals surface area contributed by atoms with Crippen LogP contribution in [-0.2, 0) is 0 Å². The lowest BCUT2D eigenvalue weighted by atomic mass is 10.1. The van der Waals surface area contributed by atoms with Crippen LogP contribution in [0, 0.1) is 0 Å². The van der Waals surface area contributed by atoms with Gasteiger partial charge >= 0.3 is 13.2 Å². The Morgan fingerprint density at radius 1 is 0.963 bits per heavy atom. The van der Waals surface area contributed by atoms with Gasteiger partial charge in [-0.05, 0) is 36.8 Å². The van der Waals surface area contributed by atoms with Crippen LogP contribution in [0.5, 0.6) is 17.2 Å². The highest BCUT2D eigenvalue weighted by Crippen LogP contribution is 2.33. The van der Waals surface area contributed by atoms with Gasteiger partial charge in [-0.1, -0.05) is 18.2 Å². The molecule has 0 spiro atoms. The second-order valence-corrected chi connectivity index (χ2v) is 5.36. The van der Waals surface area contributed by atoms with Crippen molar-refractivity contribution in [3.63, 3.8) is 0 Å². The number of benzene rings is 2. The van der Waals surface area contributed by atoms with Crippen molar-refractivity contribution < 1.29 is 36.6 Å². The number of hydrogen-bond donors (Lipinski definition) is 1. The van der Waals surface area contributed by atoms with Crippen LogP contribution in [0.15, 0.2) is 42.5 Å². The minimum absolute atomic E-state index is 0.0101. The van der Waals surface area contributed by atoms with Gasteiger partial charge < -0.3 is 19.5 Å². The minimum Gasteiger partial charge on any atom is -0.493 e. The summed E-state index contributed by atoms with van der Waals surface area (Å²) >= 11 is 0. The summed E-state index contributed by atoms with van der Waals surface area (Å²) < 4.78 is 63.3. The molecule has 27 heavy (non-hydrogen) atoms. The van der Waals surface area contributed by atoms with E-state index in [4.69, 9.17) is 4.74 Å². The van der Waals surface area contributed by atoms with Gasteiger partial charge in [0.25, 0.3) is 5.91 Å². The first kappa shape index (κ1) is 20.3. The monoisotopic (exact) mass is 387 g/mol. The van der Waals surface area contributed by atoms with E-state index in [-0.39, 0.29) is 22.8 Å². The highest BCUT2D eigenvalue weighted by atomic mass is 19.3. The molecule has 2 rings (SSSR count). The maximum absolute atomic E-state index is 12.7. The van der Waals surface area contributed by atoms with Crippen LogP contribution in [0.2, 0.25) is 0 Å². The maximum atomic E-state index is 12.7. The molecule has 0 fully saturated rings. The van der Waals surface area contributed by atoms with E-state index in [2.05, 4.69) is 14.8 Å². The zero-order valence-electron chi connectivity index (χ0n) is 14.4. The van der Waals surface area contributed by atoms with Crippen LogP contribution in [0.25, 0.3) is 0 Å². The van der Waals surface area contributed by atoms with Gasteiger partial charge in [-0.15, -0.1) is 0 Å². The molecule has 9 heteroatoms. The smallest absolute Gasteiger partial charge is 0.387 e. The normalized spacial score (nSPS) is 12.0. The van der Waals surface area contributed by atoms with E-state index in [0.29, 0.717) is 5.56 Å². The van der Waals surface area contributed by atoms with E-state index in [1.165, 1.54) is 49.6 Å². The fraction of sp³-hybridized carbons (Fsp3) is 0.278. The number of carbonyl (C=O) groups excluding carboxylic acids is 1. The fourth-order valence-corrected chi connectivity index (χ4v) is 2.36. The Morgan fingerprint density at radius 2 is 1.59 bits per heavy atom. The molecule has 2 aromatic carbocycles. The number of hydrogen-bond acceptors (Lipinski definition) is 4. The molecular weight excluding hydrogens is 370 g/mol. The van der Waals surface area contributed by atoms with E-state index < -0.39 is 25.2 Å². The molecule has 146 valence electrons. The third-order valence-corrected chi connectivity index (χ3v) is 3.60. The van der Waals surface area contributed by atoms with Gasteiger partial charge in [-0.25, -0.2) is 0 Å². The zero-order valence-corrected chi connectivity index (χ0v) is 14.4. The number of carbonyl (C=O) groups is 1. The van der Waals surface area contributed by atoms with E-state index >= 15 is 0 Å². The van der Waals surface area contributed by atoms with Crippen LogP contribution in [0.1, 0.15) is 28.9 Å². The molecule has 2 aromatic rings. The van der Waals surface area contributed by atoms with Crippen molar-refractivity contribution in [2.24, 2.45) is 0 Å². The number of ether oxygens (including phenoxy) is 3. The molecule has 1 N–H and O–H groups in total. The van der Waals surface area contributed by atoms with Crippen molar-refractivity contribution in [2.45, 2.75) is 26.2 Å². The molecule has 1 atom stereocenters. The largest absolute Gasteiger partial charge is 0.493 e. The molecule has 0 bridgehead atoms. The number of amides is 1. The van der Waals surface area contributed by atoms with Crippen molar-refractivity contribution in [1.82, 2.24) is 5.32 Å². The highest BCUT2D eigenvalue weighted by Gasteiger charge is 2.21. The summed E-state index contributed by atoms with van der Waals surface area (Å²) in [4.78, 5) is 12.5. The number of rotatable bonds is 8. The van der Waals surface area contributed by atoms with Crippen LogP contribution in [-0.4, -0.2) is 26.2 Å². The van der Waals surface area contributed by atoms with Gasteiger partial charge in [0.2, 0.25) is 0 Å². The lowest BCUT2D eigenvalue weighted by Crippen LogP contribution is -2.27. The minimum atomic E-state index is -3.13. The van der Waals surface area contributed by atoms with Gasteiger partial charge in [0.05, 0.1) is 18.7 Å². The number of halogens is 4. The molecular formula is C18H17F4NO4. The molecule has 5 nitrogen and oxygen atoms in total. The van der Waals surface area contributed by atoms with E-state index in [0.717, 1.165) is 0 Å². The van der Waals surface area contributed by atoms with Crippen molar-refractivity contribution in [3.8, 4) is 17.2 Å². The predicted octanol–water partition coefficient (Wildman–Crippen LogP) is 4.39. The van der Waals surface area contributed by atoms with Crippen LogP contribution >= 0.6 is 0 Å². The quantitative estimate of drug-likeness (QED) is 0.683. The molecule has 0 saturated heterocycles. The number of methoxy groups -OCH3 is 1. The Labute approximate surface area is 152 Å². The standard InChI is InChI=1S/C18H17F4NO4/c1-10(11-6-8-12(9-7-11)26-17(19)20)23-16(24)13-4-3-5-14(25-2)15(13)27-18(21)22/h3-10,17-18H,1-2H3,(H,23,24). The zero-order chi connectivity index (χ0) is 20.0. The summed E-state index contributed by atoms with van der Waals surface area (Å²) in [5, 5.41) is 2.63. The van der Waals surface area contributed by atoms with E-state index in [1.54, 1.807) is 6.92 Å². The van der Waals surface area contributed by atoms with Crippen LogP contribution < -0.4 is 19.5 Å². The van der Waals surface area contributed by atoms with Gasteiger partial charge in [-0.2, -0.15) is 17.6 Å². The molecule has 0 radical (unpaired) electrons. The summed E-state index contributed by atoms with van der Waals surface area (Å²) in [5.41, 5.74) is 0.475. The van der Waals surface area contributed by atoms with Crippen molar-refractivity contribution in [1.29, 1.82) is 0 Å². The Balaban J connectivity index is 2.16. The van der Waals surface area contributed by atoms with Crippen molar-refractivity contribution in [3.05, 3.63) is 53.6 Å². The van der Waals surface area contributed by atoms with Gasteiger partial charge in [-0.3, -0.25) is 4.79 Å². The van der Waals surface area contributed by atoms with E-state index in [9.17, 15) is 22.4 Å². The number of alkyl halides is 4. The molecule has 1 amide bonds. The topological polar surface area (TPSA) is 56.8 Å². The highest BCUT2D eigenvalue weighted by molar-refractivity contribution is 5.98. The molecule has 0 heterocycles. The molecule has 0 aliphatic heterocycles. The average molecular weight is 387 g/mol. The third kappa shape index (κ3) is 5.50. The second kappa shape index (κ2) is 9.11. The second-order valence-electron chi connectivity index (χ2n) is 5.36. The Bertz CT molecular complexity index is 768. The van der Waals surface area contributed by atoms with Crippen molar-refractivity contribution >= 4 is 5.91 Å². The van der Waals surface area contributed by atoms with Gasteiger partial charge in [0.15, 0.2) is 11.5 Å². The van der Waals surface area contributed by atoms with Crippen LogP contribution in [0.4, 0.5) is 17.6 Å². The lowest BCUT2D eigenvalue weighted by Gasteiger charge is -2.18. The molecule has 0 saturated carbocycles. The number of para-hydroxylation sites is 1. The third-order valence-electron chi connectivity index (χ3n) is 3.60. The first-order chi connectivity index (χ1) is 12.8. The average Bonchev–Trinajstić information content (AvgIpc) is 2.61. The molecule has 0 aromatic heterocycles. The first-order valence-corrected chi connectivity index (χ1v) is 7.79. The molecule has 0 aliphatic rings. The Morgan fingerprint density at radius 3 is 2.15 bits per heavy atom. The summed E-state index contributed by atoms with van der Waals surface area (Å²) in [7, 11) is 1.26. The molecule has 0 aliphatic carbocycles. The van der Waals surface area contributed by atoms with Gasteiger partial charge in [0, 0.05) is 0 Å². The summed E-state index contributed by atoms with van der Waals surface area (Å²) in [6, 6.07) is 9.32. The lowest BCUT2D eigenvalue weighted by molar-refractivity contribution is -0.0517. The first-order valence-electron chi connectivity index (χ1n) is 7.79. The Hall–Kier alpha value is -2.97. The SMILES string of the molecule is COc1cccc(C(=O)NC(C)c2ccc(OC(F)F)cc2)c1OC(F)F. The summed E-state index contributed by atoms with van der Waals surface area (Å²) in [6.07, 6.45) is 0. The fourth-order valence-electron chi connectivity index (χ4n) is 2.36. The predicted molar refractivity (Wildman–Crippen MR) is 88.6 cm³/mol.